The molecule has 1 aliphatic rings. The minimum Gasteiger partial charge on any atom is -0.368 e. The number of carbonyl (C=O) groups is 1. The lowest BCUT2D eigenvalue weighted by Crippen LogP contribution is -2.49. The van der Waals surface area contributed by atoms with Crippen LogP contribution in [0.2, 0.25) is 0 Å². The molecule has 4 rings (SSSR count). The second kappa shape index (κ2) is 11.4. The molecule has 1 aromatic heterocycles. The zero-order valence-corrected chi connectivity index (χ0v) is 21.4. The third-order valence-corrected chi connectivity index (χ3v) is 6.59. The Kier molecular flexibility index (Phi) is 8.21. The molecule has 3 aromatic rings. The van der Waals surface area contributed by atoms with E-state index in [-0.39, 0.29) is 19.0 Å². The van der Waals surface area contributed by atoms with Crippen molar-refractivity contribution in [1.82, 2.24) is 14.5 Å². The Bertz CT molecular complexity index is 1120. The van der Waals surface area contributed by atoms with Crippen LogP contribution < -0.4 is 5.73 Å². The van der Waals surface area contributed by atoms with E-state index in [2.05, 4.69) is 37.5 Å². The van der Waals surface area contributed by atoms with Crippen molar-refractivity contribution in [2.75, 3.05) is 19.7 Å². The van der Waals surface area contributed by atoms with Crippen LogP contribution in [0.25, 0.3) is 11.3 Å². The van der Waals surface area contributed by atoms with Gasteiger partial charge in [0.15, 0.2) is 0 Å². The molecule has 0 spiro atoms. The summed E-state index contributed by atoms with van der Waals surface area (Å²) in [6.07, 6.45) is 1.58. The van der Waals surface area contributed by atoms with Crippen molar-refractivity contribution in [3.05, 3.63) is 78.2 Å². The molecule has 36 heavy (non-hydrogen) atoms. The standard InChI is InChI=1S/C29H37FN4O2/c1-29(2,3)26(34(19-23(30)17-31)28(35)25-15-10-16-36-25)27-32-24(22-13-8-5-9-14-22)20-33(27)18-21-11-6-4-7-12-21/h4-9,11-14,20,23,25-26H,10,15-19,31H2,1-3H3/t23-,25+,26+/m1/s1. The Labute approximate surface area is 213 Å². The fourth-order valence-electron chi connectivity index (χ4n) is 4.87. The number of amides is 1. The van der Waals surface area contributed by atoms with E-state index in [0.29, 0.717) is 19.6 Å². The maximum Gasteiger partial charge on any atom is 0.252 e. The predicted molar refractivity (Wildman–Crippen MR) is 140 cm³/mol. The first-order chi connectivity index (χ1) is 17.3. The van der Waals surface area contributed by atoms with E-state index in [0.717, 1.165) is 29.1 Å². The zero-order valence-electron chi connectivity index (χ0n) is 21.4. The quantitative estimate of drug-likeness (QED) is 0.457. The van der Waals surface area contributed by atoms with E-state index in [9.17, 15) is 9.18 Å². The van der Waals surface area contributed by atoms with Crippen molar-refractivity contribution in [3.63, 3.8) is 0 Å². The molecular weight excluding hydrogens is 455 g/mol. The number of halogens is 1. The van der Waals surface area contributed by atoms with Crippen molar-refractivity contribution >= 4 is 5.91 Å². The lowest BCUT2D eigenvalue weighted by atomic mass is 9.84. The van der Waals surface area contributed by atoms with Crippen LogP contribution in [-0.2, 0) is 16.1 Å². The van der Waals surface area contributed by atoms with Gasteiger partial charge in [-0.05, 0) is 23.8 Å². The highest BCUT2D eigenvalue weighted by atomic mass is 19.1. The average Bonchev–Trinajstić information content (AvgIpc) is 3.54. The van der Waals surface area contributed by atoms with Crippen molar-refractivity contribution < 1.29 is 13.9 Å². The molecule has 0 radical (unpaired) electrons. The number of imidazole rings is 1. The molecule has 0 unspecified atom stereocenters. The van der Waals surface area contributed by atoms with E-state index < -0.39 is 23.7 Å². The fourth-order valence-corrected chi connectivity index (χ4v) is 4.87. The largest absolute Gasteiger partial charge is 0.368 e. The molecule has 1 amide bonds. The highest BCUT2D eigenvalue weighted by Gasteiger charge is 2.42. The van der Waals surface area contributed by atoms with Gasteiger partial charge in [0, 0.05) is 31.5 Å². The minimum absolute atomic E-state index is 0.101. The van der Waals surface area contributed by atoms with Crippen molar-refractivity contribution in [1.29, 1.82) is 0 Å². The van der Waals surface area contributed by atoms with Gasteiger partial charge in [-0.1, -0.05) is 81.4 Å². The number of benzene rings is 2. The Morgan fingerprint density at radius 2 is 1.83 bits per heavy atom. The zero-order chi connectivity index (χ0) is 25.7. The van der Waals surface area contributed by atoms with E-state index in [1.807, 2.05) is 54.7 Å². The summed E-state index contributed by atoms with van der Waals surface area (Å²) in [6, 6.07) is 19.6. The molecule has 192 valence electrons. The van der Waals surface area contributed by atoms with Gasteiger partial charge in [-0.3, -0.25) is 4.79 Å². The first-order valence-corrected chi connectivity index (χ1v) is 12.7. The first-order valence-electron chi connectivity index (χ1n) is 12.7. The molecule has 1 aliphatic heterocycles. The molecule has 0 aliphatic carbocycles. The summed E-state index contributed by atoms with van der Waals surface area (Å²) >= 11 is 0. The Balaban J connectivity index is 1.83. The molecule has 6 nitrogen and oxygen atoms in total. The van der Waals surface area contributed by atoms with Gasteiger partial charge < -0.3 is 19.9 Å². The lowest BCUT2D eigenvalue weighted by Gasteiger charge is -2.41. The van der Waals surface area contributed by atoms with Crippen LogP contribution in [0, 0.1) is 5.41 Å². The number of nitrogens with zero attached hydrogens (tertiary/aromatic N) is 3. The number of nitrogens with two attached hydrogens (primary N) is 1. The van der Waals surface area contributed by atoms with Gasteiger partial charge in [-0.25, -0.2) is 9.37 Å². The second-order valence-corrected chi connectivity index (χ2v) is 10.6. The monoisotopic (exact) mass is 492 g/mol. The van der Waals surface area contributed by atoms with Gasteiger partial charge in [-0.2, -0.15) is 0 Å². The summed E-state index contributed by atoms with van der Waals surface area (Å²) in [4.78, 5) is 20.5. The molecule has 2 heterocycles. The molecule has 0 saturated carbocycles. The molecule has 2 N–H and O–H groups in total. The normalized spacial score (nSPS) is 17.6. The van der Waals surface area contributed by atoms with Crippen LogP contribution in [0.4, 0.5) is 4.39 Å². The molecule has 2 aromatic carbocycles. The Morgan fingerprint density at radius 1 is 1.17 bits per heavy atom. The highest BCUT2D eigenvalue weighted by molar-refractivity contribution is 5.81. The van der Waals surface area contributed by atoms with E-state index in [1.54, 1.807) is 4.90 Å². The van der Waals surface area contributed by atoms with Gasteiger partial charge in [0.05, 0.1) is 18.3 Å². The van der Waals surface area contributed by atoms with Crippen LogP contribution in [0.5, 0.6) is 0 Å². The van der Waals surface area contributed by atoms with E-state index in [4.69, 9.17) is 15.5 Å². The second-order valence-electron chi connectivity index (χ2n) is 10.6. The van der Waals surface area contributed by atoms with Crippen LogP contribution in [-0.4, -0.2) is 52.3 Å². The fraction of sp³-hybridized carbons (Fsp3) is 0.448. The third kappa shape index (κ3) is 6.02. The maximum absolute atomic E-state index is 14.8. The van der Waals surface area contributed by atoms with Crippen molar-refractivity contribution in [3.8, 4) is 11.3 Å². The smallest absolute Gasteiger partial charge is 0.252 e. The number of rotatable bonds is 9. The molecule has 1 fully saturated rings. The Morgan fingerprint density at radius 3 is 2.42 bits per heavy atom. The topological polar surface area (TPSA) is 73.4 Å². The van der Waals surface area contributed by atoms with Crippen LogP contribution in [0.15, 0.2) is 66.9 Å². The summed E-state index contributed by atoms with van der Waals surface area (Å²) in [5.41, 5.74) is 8.15. The predicted octanol–water partition coefficient (Wildman–Crippen LogP) is 4.99. The van der Waals surface area contributed by atoms with E-state index >= 15 is 0 Å². The third-order valence-electron chi connectivity index (χ3n) is 6.59. The summed E-state index contributed by atoms with van der Waals surface area (Å²) in [5.74, 6) is 0.528. The summed E-state index contributed by atoms with van der Waals surface area (Å²) in [7, 11) is 0. The maximum atomic E-state index is 14.8. The molecule has 0 bridgehead atoms. The number of carbonyl (C=O) groups excluding carboxylic acids is 1. The van der Waals surface area contributed by atoms with Crippen molar-refractivity contribution in [2.24, 2.45) is 11.1 Å². The number of ether oxygens (including phenoxy) is 1. The number of hydrogen-bond donors (Lipinski definition) is 1. The number of hydrogen-bond acceptors (Lipinski definition) is 4. The summed E-state index contributed by atoms with van der Waals surface area (Å²) in [6.45, 7) is 7.06. The SMILES string of the molecule is CC(C)(C)[C@H](c1nc(-c2ccccc2)cn1Cc1ccccc1)N(C[C@H](F)CN)C(=O)[C@@H]1CCCO1. The molecule has 1 saturated heterocycles. The van der Waals surface area contributed by atoms with Gasteiger partial charge in [-0.15, -0.1) is 0 Å². The molecule has 3 atom stereocenters. The van der Waals surface area contributed by atoms with Crippen LogP contribution >= 0.6 is 0 Å². The lowest BCUT2D eigenvalue weighted by molar-refractivity contribution is -0.147. The molecular formula is C29H37FN4O2. The first kappa shape index (κ1) is 26.0. The number of aromatic nitrogens is 2. The van der Waals surface area contributed by atoms with Gasteiger partial charge in [0.2, 0.25) is 0 Å². The summed E-state index contributed by atoms with van der Waals surface area (Å²) < 4.78 is 22.7. The summed E-state index contributed by atoms with van der Waals surface area (Å²) in [5, 5.41) is 0. The van der Waals surface area contributed by atoms with Crippen molar-refractivity contribution in [2.45, 2.75) is 58.5 Å². The van der Waals surface area contributed by atoms with Gasteiger partial charge >= 0.3 is 0 Å². The molecule has 7 heteroatoms. The minimum atomic E-state index is -1.34. The highest BCUT2D eigenvalue weighted by Crippen LogP contribution is 2.40. The average molecular weight is 493 g/mol. The van der Waals surface area contributed by atoms with Crippen LogP contribution in [0.1, 0.15) is 51.0 Å². The van der Waals surface area contributed by atoms with Gasteiger partial charge in [0.1, 0.15) is 18.1 Å². The van der Waals surface area contributed by atoms with E-state index in [1.165, 1.54) is 0 Å². The number of alkyl halides is 1. The Hall–Kier alpha value is -3.03. The van der Waals surface area contributed by atoms with Crippen LogP contribution in [0.3, 0.4) is 0 Å². The van der Waals surface area contributed by atoms with Gasteiger partial charge in [0.25, 0.3) is 5.91 Å².